The van der Waals surface area contributed by atoms with E-state index >= 15 is 0 Å². The molecular formula is C14H16N2O3. The Kier molecular flexibility index (Phi) is 3.94. The third-order valence-corrected chi connectivity index (χ3v) is 3.34. The standard InChI is InChI=1S/C14H16N2O3/c1-10-8-16(9-12(10)14(18)19)13(17)5-4-11-3-2-6-15-7-11/h2-7,10,12H,8-9H2,1H3,(H,18,19)/b5-4+/t10-,12-/m1/s1. The molecule has 0 aromatic carbocycles. The Balaban J connectivity index is 1.98. The molecule has 0 unspecified atom stereocenters. The highest BCUT2D eigenvalue weighted by atomic mass is 16.4. The molecular weight excluding hydrogens is 244 g/mol. The van der Waals surface area contributed by atoms with E-state index in [1.54, 1.807) is 29.4 Å². The lowest BCUT2D eigenvalue weighted by Gasteiger charge is -2.12. The lowest BCUT2D eigenvalue weighted by Crippen LogP contribution is -2.28. The van der Waals surface area contributed by atoms with Crippen LogP contribution in [0, 0.1) is 11.8 Å². The van der Waals surface area contributed by atoms with E-state index in [0.29, 0.717) is 6.54 Å². The van der Waals surface area contributed by atoms with Crippen molar-refractivity contribution in [2.45, 2.75) is 6.92 Å². The highest BCUT2D eigenvalue weighted by Gasteiger charge is 2.36. The maximum atomic E-state index is 12.0. The summed E-state index contributed by atoms with van der Waals surface area (Å²) in [7, 11) is 0. The number of rotatable bonds is 3. The van der Waals surface area contributed by atoms with Gasteiger partial charge in [0.2, 0.25) is 5.91 Å². The summed E-state index contributed by atoms with van der Waals surface area (Å²) in [5.41, 5.74) is 0.845. The second kappa shape index (κ2) is 5.65. The number of carboxylic acid groups (broad SMARTS) is 1. The first kappa shape index (κ1) is 13.3. The molecule has 0 radical (unpaired) electrons. The van der Waals surface area contributed by atoms with Crippen LogP contribution in [0.25, 0.3) is 6.08 Å². The normalized spacial score (nSPS) is 22.9. The van der Waals surface area contributed by atoms with E-state index in [1.165, 1.54) is 6.08 Å². The SMILES string of the molecule is C[C@@H]1CN(C(=O)/C=C/c2cccnc2)C[C@H]1C(=O)O. The maximum Gasteiger partial charge on any atom is 0.308 e. The highest BCUT2D eigenvalue weighted by molar-refractivity contribution is 5.92. The number of aromatic nitrogens is 1. The number of nitrogens with zero attached hydrogens (tertiary/aromatic N) is 2. The van der Waals surface area contributed by atoms with Gasteiger partial charge >= 0.3 is 5.97 Å². The van der Waals surface area contributed by atoms with Crippen LogP contribution in [0.4, 0.5) is 0 Å². The van der Waals surface area contributed by atoms with Crippen molar-refractivity contribution in [3.8, 4) is 0 Å². The summed E-state index contributed by atoms with van der Waals surface area (Å²) in [5.74, 6) is -1.46. The van der Waals surface area contributed by atoms with E-state index in [4.69, 9.17) is 5.11 Å². The first-order valence-electron chi connectivity index (χ1n) is 6.17. The Morgan fingerprint density at radius 1 is 1.47 bits per heavy atom. The number of aliphatic carboxylic acids is 1. The van der Waals surface area contributed by atoms with E-state index < -0.39 is 11.9 Å². The van der Waals surface area contributed by atoms with Crippen LogP contribution < -0.4 is 0 Å². The van der Waals surface area contributed by atoms with Gasteiger partial charge in [-0.1, -0.05) is 13.0 Å². The summed E-state index contributed by atoms with van der Waals surface area (Å²) in [6, 6.07) is 3.64. The number of carboxylic acids is 1. The van der Waals surface area contributed by atoms with E-state index in [9.17, 15) is 9.59 Å². The van der Waals surface area contributed by atoms with Crippen molar-refractivity contribution in [2.24, 2.45) is 11.8 Å². The second-order valence-electron chi connectivity index (χ2n) is 4.78. The average Bonchev–Trinajstić information content (AvgIpc) is 2.79. The number of hydrogen-bond acceptors (Lipinski definition) is 3. The summed E-state index contributed by atoms with van der Waals surface area (Å²) >= 11 is 0. The molecule has 1 fully saturated rings. The topological polar surface area (TPSA) is 70.5 Å². The van der Waals surface area contributed by atoms with Gasteiger partial charge in [-0.05, 0) is 23.6 Å². The lowest BCUT2D eigenvalue weighted by atomic mass is 9.99. The van der Waals surface area contributed by atoms with Crippen molar-refractivity contribution in [1.29, 1.82) is 0 Å². The molecule has 1 aliphatic heterocycles. The fourth-order valence-electron chi connectivity index (χ4n) is 2.22. The lowest BCUT2D eigenvalue weighted by molar-refractivity contribution is -0.142. The minimum Gasteiger partial charge on any atom is -0.481 e. The molecule has 5 heteroatoms. The third-order valence-electron chi connectivity index (χ3n) is 3.34. The molecule has 0 saturated carbocycles. The molecule has 1 aliphatic rings. The summed E-state index contributed by atoms with van der Waals surface area (Å²) in [4.78, 5) is 28.5. The van der Waals surface area contributed by atoms with Gasteiger partial charge in [0, 0.05) is 31.6 Å². The number of carbonyl (C=O) groups is 2. The van der Waals surface area contributed by atoms with Crippen LogP contribution in [0.15, 0.2) is 30.6 Å². The maximum absolute atomic E-state index is 12.0. The van der Waals surface area contributed by atoms with Crippen LogP contribution in [0.1, 0.15) is 12.5 Å². The molecule has 0 aliphatic carbocycles. The van der Waals surface area contributed by atoms with Crippen LogP contribution >= 0.6 is 0 Å². The van der Waals surface area contributed by atoms with E-state index in [-0.39, 0.29) is 18.4 Å². The second-order valence-corrected chi connectivity index (χ2v) is 4.78. The first-order valence-corrected chi connectivity index (χ1v) is 6.17. The van der Waals surface area contributed by atoms with Crippen molar-refractivity contribution < 1.29 is 14.7 Å². The van der Waals surface area contributed by atoms with Crippen molar-refractivity contribution in [3.63, 3.8) is 0 Å². The van der Waals surface area contributed by atoms with Gasteiger partial charge in [-0.25, -0.2) is 0 Å². The van der Waals surface area contributed by atoms with Gasteiger partial charge in [-0.2, -0.15) is 0 Å². The monoisotopic (exact) mass is 260 g/mol. The molecule has 0 spiro atoms. The van der Waals surface area contributed by atoms with E-state index in [1.807, 2.05) is 13.0 Å². The van der Waals surface area contributed by atoms with E-state index in [2.05, 4.69) is 4.98 Å². The third kappa shape index (κ3) is 3.19. The molecule has 19 heavy (non-hydrogen) atoms. The quantitative estimate of drug-likeness (QED) is 0.831. The molecule has 1 amide bonds. The van der Waals surface area contributed by atoms with Gasteiger partial charge in [0.1, 0.15) is 0 Å². The summed E-state index contributed by atoms with van der Waals surface area (Å²) in [6.45, 7) is 2.64. The molecule has 2 heterocycles. The zero-order chi connectivity index (χ0) is 13.8. The highest BCUT2D eigenvalue weighted by Crippen LogP contribution is 2.23. The Bertz CT molecular complexity index is 499. The Morgan fingerprint density at radius 2 is 2.26 bits per heavy atom. The minimum atomic E-state index is -0.834. The molecule has 1 aromatic rings. The van der Waals surface area contributed by atoms with Crippen LogP contribution in [0.5, 0.6) is 0 Å². The van der Waals surface area contributed by atoms with E-state index in [0.717, 1.165) is 5.56 Å². The molecule has 0 bridgehead atoms. The molecule has 100 valence electrons. The predicted octanol–water partition coefficient (Wildman–Crippen LogP) is 1.27. The zero-order valence-electron chi connectivity index (χ0n) is 10.7. The number of likely N-dealkylation sites (tertiary alicyclic amines) is 1. The number of carbonyl (C=O) groups excluding carboxylic acids is 1. The summed E-state index contributed by atoms with van der Waals surface area (Å²) in [5, 5.41) is 9.03. The summed E-state index contributed by atoms with van der Waals surface area (Å²) < 4.78 is 0. The van der Waals surface area contributed by atoms with Crippen LogP contribution in [-0.4, -0.2) is 40.0 Å². The van der Waals surface area contributed by atoms with Gasteiger partial charge in [0.25, 0.3) is 0 Å². The molecule has 1 N–H and O–H groups in total. The van der Waals surface area contributed by atoms with Crippen molar-refractivity contribution in [3.05, 3.63) is 36.2 Å². The summed E-state index contributed by atoms with van der Waals surface area (Å²) in [6.07, 6.45) is 6.48. The van der Waals surface area contributed by atoms with Gasteiger partial charge < -0.3 is 10.0 Å². The van der Waals surface area contributed by atoms with Gasteiger partial charge in [0.15, 0.2) is 0 Å². The van der Waals surface area contributed by atoms with Crippen LogP contribution in [0.2, 0.25) is 0 Å². The molecule has 2 atom stereocenters. The van der Waals surface area contributed by atoms with Crippen molar-refractivity contribution in [1.82, 2.24) is 9.88 Å². The number of hydrogen-bond donors (Lipinski definition) is 1. The zero-order valence-corrected chi connectivity index (χ0v) is 10.7. The van der Waals surface area contributed by atoms with Crippen LogP contribution in [-0.2, 0) is 9.59 Å². The number of pyridine rings is 1. The smallest absolute Gasteiger partial charge is 0.308 e. The molecule has 1 saturated heterocycles. The van der Waals surface area contributed by atoms with Gasteiger partial charge in [0.05, 0.1) is 5.92 Å². The fraction of sp³-hybridized carbons (Fsp3) is 0.357. The largest absolute Gasteiger partial charge is 0.481 e. The first-order chi connectivity index (χ1) is 9.08. The van der Waals surface area contributed by atoms with Crippen molar-refractivity contribution in [2.75, 3.05) is 13.1 Å². The Labute approximate surface area is 111 Å². The number of amides is 1. The fourth-order valence-corrected chi connectivity index (χ4v) is 2.22. The predicted molar refractivity (Wildman–Crippen MR) is 70.1 cm³/mol. The molecule has 5 nitrogen and oxygen atoms in total. The Hall–Kier alpha value is -2.17. The van der Waals surface area contributed by atoms with Gasteiger partial charge in [-0.3, -0.25) is 14.6 Å². The molecule has 1 aromatic heterocycles. The Morgan fingerprint density at radius 3 is 2.84 bits per heavy atom. The van der Waals surface area contributed by atoms with Crippen molar-refractivity contribution >= 4 is 18.0 Å². The van der Waals surface area contributed by atoms with Crippen LogP contribution in [0.3, 0.4) is 0 Å². The van der Waals surface area contributed by atoms with Gasteiger partial charge in [-0.15, -0.1) is 0 Å². The minimum absolute atomic E-state index is 0.00626. The average molecular weight is 260 g/mol. The molecule has 2 rings (SSSR count).